The summed E-state index contributed by atoms with van der Waals surface area (Å²) in [6.45, 7) is 2.44. The molecule has 0 unspecified atom stereocenters. The minimum absolute atomic E-state index is 0.212. The molecule has 2 heterocycles. The summed E-state index contributed by atoms with van der Waals surface area (Å²) in [6, 6.07) is 8.63. The summed E-state index contributed by atoms with van der Waals surface area (Å²) >= 11 is 3.52. The van der Waals surface area contributed by atoms with E-state index in [4.69, 9.17) is 4.74 Å². The van der Waals surface area contributed by atoms with Crippen LogP contribution in [-0.2, 0) is 16.3 Å². The quantitative estimate of drug-likeness (QED) is 0.588. The monoisotopic (exact) mass is 461 g/mol. The van der Waals surface area contributed by atoms with Gasteiger partial charge in [-0.15, -0.1) is 0 Å². The molecule has 146 valence electrons. The summed E-state index contributed by atoms with van der Waals surface area (Å²) in [5.74, 6) is 6.65. The lowest BCUT2D eigenvalue weighted by molar-refractivity contribution is 0.415. The number of imidazole rings is 1. The number of hydrogen-bond donors (Lipinski definition) is 1. The predicted octanol–water partition coefficient (Wildman–Crippen LogP) is 3.53. The largest absolute Gasteiger partial charge is 0.495 e. The molecule has 0 atom stereocenters. The first-order valence-electron chi connectivity index (χ1n) is 8.61. The molecular formula is C20H20BrN3O3S. The number of nitrogens with zero attached hydrogens (tertiary/aromatic N) is 2. The van der Waals surface area contributed by atoms with Crippen molar-refractivity contribution >= 4 is 37.1 Å². The van der Waals surface area contributed by atoms with Crippen molar-refractivity contribution in [2.45, 2.75) is 18.2 Å². The number of methoxy groups -OCH3 is 1. The van der Waals surface area contributed by atoms with Crippen molar-refractivity contribution in [2.24, 2.45) is 0 Å². The first-order valence-corrected chi connectivity index (χ1v) is 11.3. The van der Waals surface area contributed by atoms with Gasteiger partial charge in [0.25, 0.3) is 0 Å². The highest BCUT2D eigenvalue weighted by molar-refractivity contribution is 9.10. The van der Waals surface area contributed by atoms with E-state index in [1.165, 1.54) is 19.4 Å². The molecule has 1 N–H and O–H groups in total. The Balaban J connectivity index is 1.81. The summed E-state index contributed by atoms with van der Waals surface area (Å²) in [5.41, 5.74) is 3.32. The number of nitrogens with one attached hydrogen (secondary N) is 1. The number of aryl methyl sites for hydroxylation is 1. The maximum Gasteiger partial charge on any atom is 0.175 e. The minimum Gasteiger partial charge on any atom is -0.495 e. The molecule has 0 amide bonds. The topological polar surface area (TPSA) is 72.7 Å². The summed E-state index contributed by atoms with van der Waals surface area (Å²) in [5, 5.41) is 3.16. The zero-order valence-electron chi connectivity index (χ0n) is 15.8. The lowest BCUT2D eigenvalue weighted by Gasteiger charge is -2.10. The molecule has 8 heteroatoms. The fourth-order valence-electron chi connectivity index (χ4n) is 2.84. The second-order valence-electron chi connectivity index (χ2n) is 6.10. The number of anilines is 1. The van der Waals surface area contributed by atoms with E-state index in [0.29, 0.717) is 18.0 Å². The van der Waals surface area contributed by atoms with Gasteiger partial charge >= 0.3 is 0 Å². The van der Waals surface area contributed by atoms with Crippen molar-refractivity contribution < 1.29 is 13.2 Å². The highest BCUT2D eigenvalue weighted by Gasteiger charge is 2.12. The summed E-state index contributed by atoms with van der Waals surface area (Å²) in [7, 11) is -1.79. The number of fused-ring (bicyclic) bond motifs is 1. The molecule has 0 fully saturated rings. The van der Waals surface area contributed by atoms with Gasteiger partial charge in [0, 0.05) is 18.5 Å². The summed E-state index contributed by atoms with van der Waals surface area (Å²) in [4.78, 5) is 4.84. The van der Waals surface area contributed by atoms with Crippen LogP contribution in [0.4, 0.5) is 5.69 Å². The van der Waals surface area contributed by atoms with Gasteiger partial charge in [0.2, 0.25) is 0 Å². The van der Waals surface area contributed by atoms with Crippen LogP contribution in [0.25, 0.3) is 5.65 Å². The van der Waals surface area contributed by atoms with Gasteiger partial charge in [-0.2, -0.15) is 0 Å². The SMILES string of the molecule is CCc1c(C#CCNc2ccc(S(C)(=O)=O)cc2OC)nc2c(Br)cccn12. The lowest BCUT2D eigenvalue weighted by atomic mass is 10.2. The van der Waals surface area contributed by atoms with Crippen molar-refractivity contribution in [1.29, 1.82) is 0 Å². The number of pyridine rings is 1. The van der Waals surface area contributed by atoms with E-state index in [9.17, 15) is 8.42 Å². The second-order valence-corrected chi connectivity index (χ2v) is 8.97. The molecular weight excluding hydrogens is 442 g/mol. The molecule has 0 aliphatic rings. The number of benzene rings is 1. The van der Waals surface area contributed by atoms with Gasteiger partial charge in [-0.25, -0.2) is 13.4 Å². The first-order chi connectivity index (χ1) is 13.3. The first kappa shape index (κ1) is 20.2. The van der Waals surface area contributed by atoms with Crippen LogP contribution >= 0.6 is 15.9 Å². The second kappa shape index (κ2) is 8.25. The molecule has 28 heavy (non-hydrogen) atoms. The van der Waals surface area contributed by atoms with Crippen LogP contribution in [0.5, 0.6) is 5.75 Å². The third-order valence-corrected chi connectivity index (χ3v) is 5.94. The summed E-state index contributed by atoms with van der Waals surface area (Å²) < 4.78 is 31.6. The van der Waals surface area contributed by atoms with Crippen LogP contribution in [0.2, 0.25) is 0 Å². The molecule has 0 aliphatic heterocycles. The highest BCUT2D eigenvalue weighted by Crippen LogP contribution is 2.27. The Labute approximate surface area is 173 Å². The maximum atomic E-state index is 11.7. The van der Waals surface area contributed by atoms with Gasteiger partial charge in [0.1, 0.15) is 11.4 Å². The number of ether oxygens (including phenoxy) is 1. The maximum absolute atomic E-state index is 11.7. The van der Waals surface area contributed by atoms with E-state index in [1.54, 1.807) is 12.1 Å². The van der Waals surface area contributed by atoms with Crippen molar-refractivity contribution in [3.05, 3.63) is 52.4 Å². The molecule has 0 saturated carbocycles. The van der Waals surface area contributed by atoms with Crippen LogP contribution in [-0.4, -0.2) is 37.7 Å². The summed E-state index contributed by atoms with van der Waals surface area (Å²) in [6.07, 6.45) is 3.96. The molecule has 3 rings (SSSR count). The number of sulfone groups is 1. The fraction of sp³-hybridized carbons (Fsp3) is 0.250. The highest BCUT2D eigenvalue weighted by atomic mass is 79.9. The average Bonchev–Trinajstić information content (AvgIpc) is 3.03. The standard InChI is InChI=1S/C20H20BrN3O3S/c1-4-18-16(23-20-15(21)7-6-12-24(18)20)8-5-11-22-17-10-9-14(28(3,25)26)13-19(17)27-2/h6-7,9-10,12-13,22H,4,11H2,1-3H3. The smallest absolute Gasteiger partial charge is 0.175 e. The Morgan fingerprint density at radius 2 is 2.11 bits per heavy atom. The van der Waals surface area contributed by atoms with Crippen molar-refractivity contribution in [3.8, 4) is 17.6 Å². The Hall–Kier alpha value is -2.50. The van der Waals surface area contributed by atoms with Crippen molar-refractivity contribution in [1.82, 2.24) is 9.38 Å². The number of halogens is 1. The Morgan fingerprint density at radius 1 is 1.32 bits per heavy atom. The number of aromatic nitrogens is 2. The zero-order valence-corrected chi connectivity index (χ0v) is 18.2. The van der Waals surface area contributed by atoms with E-state index in [0.717, 1.165) is 27.9 Å². The lowest BCUT2D eigenvalue weighted by Crippen LogP contribution is -2.03. The van der Waals surface area contributed by atoms with Gasteiger partial charge < -0.3 is 14.5 Å². The molecule has 2 aromatic heterocycles. The van der Waals surface area contributed by atoms with Crippen molar-refractivity contribution in [2.75, 3.05) is 25.2 Å². The molecule has 0 spiro atoms. The van der Waals surface area contributed by atoms with Crippen molar-refractivity contribution in [3.63, 3.8) is 0 Å². The van der Waals surface area contributed by atoms with E-state index in [1.807, 2.05) is 22.7 Å². The van der Waals surface area contributed by atoms with Gasteiger partial charge in [-0.05, 0) is 52.5 Å². The molecule has 0 aliphatic carbocycles. The molecule has 0 saturated heterocycles. The molecule has 0 radical (unpaired) electrons. The van der Waals surface area contributed by atoms with Crippen LogP contribution in [0.15, 0.2) is 45.9 Å². The third-order valence-electron chi connectivity index (χ3n) is 4.21. The van der Waals surface area contributed by atoms with Gasteiger partial charge in [-0.1, -0.05) is 12.8 Å². The number of hydrogen-bond acceptors (Lipinski definition) is 5. The fourth-order valence-corrected chi connectivity index (χ4v) is 3.91. The number of rotatable bonds is 5. The van der Waals surface area contributed by atoms with E-state index < -0.39 is 9.84 Å². The van der Waals surface area contributed by atoms with E-state index in [2.05, 4.69) is 45.0 Å². The molecule has 3 aromatic rings. The van der Waals surface area contributed by atoms with Crippen LogP contribution in [0, 0.1) is 11.8 Å². The van der Waals surface area contributed by atoms with E-state index in [-0.39, 0.29) is 4.90 Å². The Bertz CT molecular complexity index is 1190. The predicted molar refractivity (Wildman–Crippen MR) is 114 cm³/mol. The average molecular weight is 462 g/mol. The van der Waals surface area contributed by atoms with E-state index >= 15 is 0 Å². The Morgan fingerprint density at radius 3 is 2.79 bits per heavy atom. The van der Waals surface area contributed by atoms with Gasteiger partial charge in [0.15, 0.2) is 15.5 Å². The third kappa shape index (κ3) is 4.16. The molecule has 6 nitrogen and oxygen atoms in total. The van der Waals surface area contributed by atoms with Crippen LogP contribution in [0.1, 0.15) is 18.3 Å². The Kier molecular flexibility index (Phi) is 5.96. The van der Waals surface area contributed by atoms with Crippen LogP contribution < -0.4 is 10.1 Å². The molecule has 1 aromatic carbocycles. The minimum atomic E-state index is -3.29. The zero-order chi connectivity index (χ0) is 20.3. The van der Waals surface area contributed by atoms with Gasteiger partial charge in [0.05, 0.1) is 34.4 Å². The van der Waals surface area contributed by atoms with Crippen LogP contribution in [0.3, 0.4) is 0 Å². The van der Waals surface area contributed by atoms with Gasteiger partial charge in [-0.3, -0.25) is 0 Å². The molecule has 0 bridgehead atoms. The normalized spacial score (nSPS) is 11.1.